The van der Waals surface area contributed by atoms with Crippen LogP contribution in [0.1, 0.15) is 21.5 Å². The van der Waals surface area contributed by atoms with E-state index in [1.807, 2.05) is 0 Å². The van der Waals surface area contributed by atoms with Crippen LogP contribution in [0.15, 0.2) is 42.5 Å². The Kier molecular flexibility index (Phi) is 3.63. The van der Waals surface area contributed by atoms with Gasteiger partial charge in [0.2, 0.25) is 5.91 Å². The molecule has 0 aromatic heterocycles. The molecule has 18 heavy (non-hydrogen) atoms. The van der Waals surface area contributed by atoms with Gasteiger partial charge < -0.3 is 5.73 Å². The lowest BCUT2D eigenvalue weighted by atomic mass is 9.99. The standard InChI is InChI=1S/C14H11ClFNO/c15-11-6-5-10(13(16)8-11)7-9-3-1-2-4-12(9)14(17)18/h1-6,8H,7H2,(H2,17,18). The minimum atomic E-state index is -0.514. The number of hydrogen-bond donors (Lipinski definition) is 1. The molecule has 0 heterocycles. The van der Waals surface area contributed by atoms with E-state index in [2.05, 4.69) is 0 Å². The van der Waals surface area contributed by atoms with Gasteiger partial charge in [0, 0.05) is 17.0 Å². The molecule has 0 aliphatic carbocycles. The summed E-state index contributed by atoms with van der Waals surface area (Å²) in [6, 6.07) is 11.4. The van der Waals surface area contributed by atoms with Crippen molar-refractivity contribution >= 4 is 17.5 Å². The molecule has 0 aliphatic rings. The third-order valence-corrected chi connectivity index (χ3v) is 2.91. The van der Waals surface area contributed by atoms with Crippen molar-refractivity contribution in [3.63, 3.8) is 0 Å². The first-order chi connectivity index (χ1) is 8.58. The summed E-state index contributed by atoms with van der Waals surface area (Å²) in [6.07, 6.45) is 0.308. The quantitative estimate of drug-likeness (QED) is 0.908. The number of carbonyl (C=O) groups excluding carboxylic acids is 1. The van der Waals surface area contributed by atoms with Gasteiger partial charge in [-0.15, -0.1) is 0 Å². The molecule has 0 spiro atoms. The summed E-state index contributed by atoms with van der Waals surface area (Å²) in [7, 11) is 0. The SMILES string of the molecule is NC(=O)c1ccccc1Cc1ccc(Cl)cc1F. The number of carbonyl (C=O) groups is 1. The third-order valence-electron chi connectivity index (χ3n) is 2.68. The van der Waals surface area contributed by atoms with E-state index in [1.54, 1.807) is 36.4 Å². The van der Waals surface area contributed by atoms with E-state index in [0.717, 1.165) is 0 Å². The van der Waals surface area contributed by atoms with Crippen molar-refractivity contribution in [1.29, 1.82) is 0 Å². The van der Waals surface area contributed by atoms with Crippen molar-refractivity contribution in [2.75, 3.05) is 0 Å². The van der Waals surface area contributed by atoms with Crippen LogP contribution in [0.4, 0.5) is 4.39 Å². The average molecular weight is 264 g/mol. The Morgan fingerprint density at radius 2 is 1.89 bits per heavy atom. The van der Waals surface area contributed by atoms with Crippen LogP contribution in [-0.2, 0) is 6.42 Å². The summed E-state index contributed by atoms with van der Waals surface area (Å²) in [6.45, 7) is 0. The predicted octanol–water partition coefficient (Wildman–Crippen LogP) is 3.17. The molecule has 0 bridgehead atoms. The fourth-order valence-electron chi connectivity index (χ4n) is 1.79. The summed E-state index contributed by atoms with van der Waals surface area (Å²) in [5.74, 6) is -0.901. The number of amides is 1. The molecule has 2 aromatic carbocycles. The molecule has 92 valence electrons. The number of halogens is 2. The van der Waals surface area contributed by atoms with E-state index in [1.165, 1.54) is 6.07 Å². The number of benzene rings is 2. The molecule has 0 unspecified atom stereocenters. The summed E-state index contributed by atoms with van der Waals surface area (Å²) in [5, 5.41) is 0.347. The van der Waals surface area contributed by atoms with Gasteiger partial charge in [-0.25, -0.2) is 4.39 Å². The van der Waals surface area contributed by atoms with Crippen molar-refractivity contribution in [1.82, 2.24) is 0 Å². The zero-order valence-corrected chi connectivity index (χ0v) is 10.2. The number of nitrogens with two attached hydrogens (primary N) is 1. The first-order valence-electron chi connectivity index (χ1n) is 5.39. The van der Waals surface area contributed by atoms with Crippen LogP contribution in [0, 0.1) is 5.82 Å². The van der Waals surface area contributed by atoms with Gasteiger partial charge in [-0.2, -0.15) is 0 Å². The van der Waals surface area contributed by atoms with Crippen LogP contribution in [0.5, 0.6) is 0 Å². The summed E-state index contributed by atoms with van der Waals surface area (Å²) in [5.41, 5.74) is 6.87. The maximum Gasteiger partial charge on any atom is 0.248 e. The average Bonchev–Trinajstić information content (AvgIpc) is 2.33. The molecule has 0 atom stereocenters. The molecule has 0 radical (unpaired) electrons. The van der Waals surface area contributed by atoms with Gasteiger partial charge in [0.25, 0.3) is 0 Å². The number of primary amides is 1. The Bertz CT molecular complexity index is 598. The van der Waals surface area contributed by atoms with Gasteiger partial charge >= 0.3 is 0 Å². The fraction of sp³-hybridized carbons (Fsp3) is 0.0714. The maximum atomic E-state index is 13.7. The smallest absolute Gasteiger partial charge is 0.248 e. The Hall–Kier alpha value is -1.87. The molecule has 2 aromatic rings. The van der Waals surface area contributed by atoms with E-state index in [9.17, 15) is 9.18 Å². The van der Waals surface area contributed by atoms with Crippen molar-refractivity contribution in [3.05, 3.63) is 70.0 Å². The van der Waals surface area contributed by atoms with Gasteiger partial charge in [0.1, 0.15) is 5.82 Å². The topological polar surface area (TPSA) is 43.1 Å². The molecule has 0 saturated heterocycles. The number of hydrogen-bond acceptors (Lipinski definition) is 1. The lowest BCUT2D eigenvalue weighted by molar-refractivity contribution is 0.0999. The molecule has 2 nitrogen and oxygen atoms in total. The number of rotatable bonds is 3. The lowest BCUT2D eigenvalue weighted by Crippen LogP contribution is -2.14. The lowest BCUT2D eigenvalue weighted by Gasteiger charge is -2.07. The Morgan fingerprint density at radius 3 is 2.56 bits per heavy atom. The monoisotopic (exact) mass is 263 g/mol. The van der Waals surface area contributed by atoms with Gasteiger partial charge in [0.05, 0.1) is 0 Å². The first-order valence-corrected chi connectivity index (χ1v) is 5.77. The van der Waals surface area contributed by atoms with E-state index in [0.29, 0.717) is 28.1 Å². The van der Waals surface area contributed by atoms with Crippen molar-refractivity contribution in [2.45, 2.75) is 6.42 Å². The van der Waals surface area contributed by atoms with Gasteiger partial charge in [-0.3, -0.25) is 4.79 Å². The highest BCUT2D eigenvalue weighted by Gasteiger charge is 2.10. The highest BCUT2D eigenvalue weighted by molar-refractivity contribution is 6.30. The molecule has 0 aliphatic heterocycles. The van der Waals surface area contributed by atoms with Crippen LogP contribution in [0.3, 0.4) is 0 Å². The van der Waals surface area contributed by atoms with Crippen molar-refractivity contribution in [2.24, 2.45) is 5.73 Å². The molecule has 0 saturated carbocycles. The summed E-state index contributed by atoms with van der Waals surface area (Å²) in [4.78, 5) is 11.3. The maximum absolute atomic E-state index is 13.7. The second-order valence-electron chi connectivity index (χ2n) is 3.93. The Labute approximate surface area is 109 Å². The van der Waals surface area contributed by atoms with Crippen molar-refractivity contribution in [3.8, 4) is 0 Å². The molecule has 2 N–H and O–H groups in total. The van der Waals surface area contributed by atoms with Crippen LogP contribution in [-0.4, -0.2) is 5.91 Å². The third kappa shape index (κ3) is 2.68. The Morgan fingerprint density at radius 1 is 1.17 bits per heavy atom. The molecule has 2 rings (SSSR count). The van der Waals surface area contributed by atoms with Crippen LogP contribution < -0.4 is 5.73 Å². The molecular weight excluding hydrogens is 253 g/mol. The highest BCUT2D eigenvalue weighted by atomic mass is 35.5. The van der Waals surface area contributed by atoms with Crippen LogP contribution in [0.2, 0.25) is 5.02 Å². The second kappa shape index (κ2) is 5.19. The summed E-state index contributed by atoms with van der Waals surface area (Å²) < 4.78 is 13.7. The van der Waals surface area contributed by atoms with Gasteiger partial charge in [0.15, 0.2) is 0 Å². The molecule has 0 fully saturated rings. The molecule has 1 amide bonds. The first kappa shape index (κ1) is 12.6. The van der Waals surface area contributed by atoms with Crippen molar-refractivity contribution < 1.29 is 9.18 Å². The second-order valence-corrected chi connectivity index (χ2v) is 4.37. The normalized spacial score (nSPS) is 10.3. The molecular formula is C14H11ClFNO. The minimum Gasteiger partial charge on any atom is -0.366 e. The highest BCUT2D eigenvalue weighted by Crippen LogP contribution is 2.19. The zero-order valence-electron chi connectivity index (χ0n) is 9.49. The largest absolute Gasteiger partial charge is 0.366 e. The van der Waals surface area contributed by atoms with Crippen LogP contribution >= 0.6 is 11.6 Å². The van der Waals surface area contributed by atoms with E-state index in [4.69, 9.17) is 17.3 Å². The fourth-order valence-corrected chi connectivity index (χ4v) is 1.94. The molecule has 4 heteroatoms. The van der Waals surface area contributed by atoms with E-state index >= 15 is 0 Å². The van der Waals surface area contributed by atoms with E-state index in [-0.39, 0.29) is 5.82 Å². The van der Waals surface area contributed by atoms with E-state index < -0.39 is 5.91 Å². The predicted molar refractivity (Wildman–Crippen MR) is 69.2 cm³/mol. The zero-order chi connectivity index (χ0) is 13.1. The summed E-state index contributed by atoms with van der Waals surface area (Å²) >= 11 is 5.69. The minimum absolute atomic E-state index is 0.308. The van der Waals surface area contributed by atoms with Crippen LogP contribution in [0.25, 0.3) is 0 Å². The van der Waals surface area contributed by atoms with Gasteiger partial charge in [-0.1, -0.05) is 35.9 Å². The Balaban J connectivity index is 2.37. The van der Waals surface area contributed by atoms with Gasteiger partial charge in [-0.05, 0) is 29.3 Å².